The molecule has 4 saturated carbocycles. The molecule has 4 atom stereocenters. The van der Waals surface area contributed by atoms with Gasteiger partial charge in [0.15, 0.2) is 0 Å². The molecule has 0 amide bonds. The van der Waals surface area contributed by atoms with Crippen molar-refractivity contribution in [3.63, 3.8) is 0 Å². The minimum atomic E-state index is 0.643. The molecule has 4 aliphatic carbocycles. The van der Waals surface area contributed by atoms with Gasteiger partial charge in [0.05, 0.1) is 0 Å². The van der Waals surface area contributed by atoms with E-state index >= 15 is 0 Å². The van der Waals surface area contributed by atoms with E-state index in [4.69, 9.17) is 0 Å². The SMILES string of the molecule is C[C@@H]1[C@H]2C[C@@H](C[C@H]1NC1CCCCC1)C2(C)C. The van der Waals surface area contributed by atoms with Crippen LogP contribution in [0.15, 0.2) is 0 Å². The summed E-state index contributed by atoms with van der Waals surface area (Å²) in [6, 6.07) is 1.67. The van der Waals surface area contributed by atoms with E-state index in [0.29, 0.717) is 5.41 Å². The van der Waals surface area contributed by atoms with Gasteiger partial charge in [0, 0.05) is 12.1 Å². The Bertz CT molecular complexity index is 277. The maximum absolute atomic E-state index is 4.01. The Hall–Kier alpha value is -0.0400. The Labute approximate surface area is 107 Å². The highest BCUT2D eigenvalue weighted by molar-refractivity contribution is 5.07. The first-order chi connectivity index (χ1) is 8.09. The first-order valence-electron chi connectivity index (χ1n) is 7.85. The Morgan fingerprint density at radius 3 is 2.29 bits per heavy atom. The molecule has 4 aliphatic rings. The second-order valence-corrected chi connectivity index (χ2v) is 7.56. The van der Waals surface area contributed by atoms with Gasteiger partial charge in [0.1, 0.15) is 0 Å². The maximum atomic E-state index is 4.01. The zero-order valence-corrected chi connectivity index (χ0v) is 11.8. The van der Waals surface area contributed by atoms with E-state index in [1.54, 1.807) is 0 Å². The summed E-state index contributed by atoms with van der Waals surface area (Å²) in [6.45, 7) is 7.50. The van der Waals surface area contributed by atoms with Crippen LogP contribution in [0.1, 0.15) is 65.7 Å². The van der Waals surface area contributed by atoms with E-state index in [2.05, 4.69) is 26.1 Å². The first-order valence-corrected chi connectivity index (χ1v) is 7.85. The number of nitrogens with one attached hydrogen (secondary N) is 1. The van der Waals surface area contributed by atoms with Crippen molar-refractivity contribution in [3.8, 4) is 0 Å². The third-order valence-corrected chi connectivity index (χ3v) is 6.41. The second kappa shape index (κ2) is 4.26. The van der Waals surface area contributed by atoms with Gasteiger partial charge in [-0.05, 0) is 48.9 Å². The van der Waals surface area contributed by atoms with Crippen molar-refractivity contribution in [3.05, 3.63) is 0 Å². The second-order valence-electron chi connectivity index (χ2n) is 7.56. The Morgan fingerprint density at radius 1 is 1.00 bits per heavy atom. The van der Waals surface area contributed by atoms with Crippen molar-refractivity contribution >= 4 is 0 Å². The van der Waals surface area contributed by atoms with Crippen LogP contribution in [0.5, 0.6) is 0 Å². The number of hydrogen-bond donors (Lipinski definition) is 1. The molecule has 1 N–H and O–H groups in total. The molecule has 4 fully saturated rings. The highest BCUT2D eigenvalue weighted by atomic mass is 15.0. The van der Waals surface area contributed by atoms with Crippen LogP contribution in [0.2, 0.25) is 0 Å². The number of fused-ring (bicyclic) bond motifs is 2. The van der Waals surface area contributed by atoms with Gasteiger partial charge in [0.25, 0.3) is 0 Å². The summed E-state index contributed by atoms with van der Waals surface area (Å²) in [7, 11) is 0. The summed E-state index contributed by atoms with van der Waals surface area (Å²) in [6.07, 6.45) is 10.2. The molecule has 1 nitrogen and oxygen atoms in total. The summed E-state index contributed by atoms with van der Waals surface area (Å²) in [5.41, 5.74) is 0.643. The van der Waals surface area contributed by atoms with E-state index in [0.717, 1.165) is 29.8 Å². The van der Waals surface area contributed by atoms with Crippen molar-refractivity contribution in [1.82, 2.24) is 5.32 Å². The average molecular weight is 235 g/mol. The minimum absolute atomic E-state index is 0.643. The van der Waals surface area contributed by atoms with Gasteiger partial charge in [-0.2, -0.15) is 0 Å². The van der Waals surface area contributed by atoms with Crippen LogP contribution in [0.3, 0.4) is 0 Å². The molecule has 0 heterocycles. The lowest BCUT2D eigenvalue weighted by Gasteiger charge is -2.62. The van der Waals surface area contributed by atoms with Gasteiger partial charge in [-0.15, -0.1) is 0 Å². The average Bonchev–Trinajstić information content (AvgIpc) is 2.32. The maximum Gasteiger partial charge on any atom is 0.0101 e. The summed E-state index contributed by atoms with van der Waals surface area (Å²) < 4.78 is 0. The van der Waals surface area contributed by atoms with Crippen molar-refractivity contribution in [2.75, 3.05) is 0 Å². The zero-order valence-electron chi connectivity index (χ0n) is 11.8. The Kier molecular flexibility index (Phi) is 3.01. The molecule has 0 saturated heterocycles. The molecule has 0 aromatic heterocycles. The van der Waals surface area contributed by atoms with Crippen molar-refractivity contribution in [2.45, 2.75) is 77.8 Å². The molecule has 0 aromatic rings. The monoisotopic (exact) mass is 235 g/mol. The molecule has 0 radical (unpaired) electrons. The van der Waals surface area contributed by atoms with Crippen LogP contribution in [-0.2, 0) is 0 Å². The van der Waals surface area contributed by atoms with Crippen molar-refractivity contribution in [2.24, 2.45) is 23.2 Å². The third kappa shape index (κ3) is 1.95. The van der Waals surface area contributed by atoms with Gasteiger partial charge in [-0.1, -0.05) is 40.0 Å². The molecule has 98 valence electrons. The van der Waals surface area contributed by atoms with Gasteiger partial charge in [0.2, 0.25) is 0 Å². The quantitative estimate of drug-likeness (QED) is 0.763. The summed E-state index contributed by atoms with van der Waals surface area (Å²) in [5, 5.41) is 4.01. The summed E-state index contributed by atoms with van der Waals surface area (Å²) in [5.74, 6) is 2.89. The number of hydrogen-bond acceptors (Lipinski definition) is 1. The summed E-state index contributed by atoms with van der Waals surface area (Å²) >= 11 is 0. The van der Waals surface area contributed by atoms with Crippen LogP contribution in [-0.4, -0.2) is 12.1 Å². The first kappa shape index (κ1) is 12.0. The van der Waals surface area contributed by atoms with Gasteiger partial charge >= 0.3 is 0 Å². The minimum Gasteiger partial charge on any atom is -0.311 e. The molecule has 2 bridgehead atoms. The van der Waals surface area contributed by atoms with E-state index in [9.17, 15) is 0 Å². The molecular formula is C16H29N. The smallest absolute Gasteiger partial charge is 0.0101 e. The Morgan fingerprint density at radius 2 is 1.71 bits per heavy atom. The fourth-order valence-corrected chi connectivity index (χ4v) is 4.94. The fourth-order valence-electron chi connectivity index (χ4n) is 4.94. The predicted octanol–water partition coefficient (Wildman–Crippen LogP) is 3.98. The zero-order chi connectivity index (χ0) is 12.0. The van der Waals surface area contributed by atoms with E-state index in [1.165, 1.54) is 44.9 Å². The third-order valence-electron chi connectivity index (χ3n) is 6.41. The van der Waals surface area contributed by atoms with Crippen LogP contribution in [0, 0.1) is 23.2 Å². The Balaban J connectivity index is 1.59. The van der Waals surface area contributed by atoms with Crippen molar-refractivity contribution in [1.29, 1.82) is 0 Å². The highest BCUT2D eigenvalue weighted by Gasteiger charge is 2.56. The van der Waals surface area contributed by atoms with Crippen LogP contribution in [0.4, 0.5) is 0 Å². The van der Waals surface area contributed by atoms with E-state index in [1.807, 2.05) is 0 Å². The lowest BCUT2D eigenvalue weighted by atomic mass is 9.44. The predicted molar refractivity (Wildman–Crippen MR) is 73.0 cm³/mol. The molecule has 0 aliphatic heterocycles. The fraction of sp³-hybridized carbons (Fsp3) is 1.00. The number of rotatable bonds is 2. The van der Waals surface area contributed by atoms with Gasteiger partial charge in [-0.25, -0.2) is 0 Å². The standard InChI is InChI=1S/C16H29N/c1-11-14-9-12(16(14,2)3)10-15(11)17-13-7-5-4-6-8-13/h11-15,17H,4-10H2,1-3H3/t11-,12+,14-,15-/m1/s1. The van der Waals surface area contributed by atoms with Gasteiger partial charge < -0.3 is 5.32 Å². The van der Waals surface area contributed by atoms with E-state index < -0.39 is 0 Å². The van der Waals surface area contributed by atoms with Crippen molar-refractivity contribution < 1.29 is 0 Å². The molecule has 4 rings (SSSR count). The summed E-state index contributed by atoms with van der Waals surface area (Å²) in [4.78, 5) is 0. The lowest BCUT2D eigenvalue weighted by Crippen LogP contribution is -2.61. The molecule has 0 spiro atoms. The van der Waals surface area contributed by atoms with Crippen LogP contribution < -0.4 is 5.32 Å². The topological polar surface area (TPSA) is 12.0 Å². The largest absolute Gasteiger partial charge is 0.311 e. The lowest BCUT2D eigenvalue weighted by molar-refractivity contribution is -0.117. The normalized spacial score (nSPS) is 45.4. The van der Waals surface area contributed by atoms with Gasteiger partial charge in [-0.3, -0.25) is 0 Å². The van der Waals surface area contributed by atoms with Crippen LogP contribution >= 0.6 is 0 Å². The molecular weight excluding hydrogens is 206 g/mol. The molecule has 17 heavy (non-hydrogen) atoms. The molecule has 0 unspecified atom stereocenters. The highest BCUT2D eigenvalue weighted by Crippen LogP contribution is 2.61. The molecule has 0 aromatic carbocycles. The van der Waals surface area contributed by atoms with Crippen LogP contribution in [0.25, 0.3) is 0 Å². The van der Waals surface area contributed by atoms with E-state index in [-0.39, 0.29) is 0 Å². The molecule has 1 heteroatoms.